The van der Waals surface area contributed by atoms with Crippen molar-refractivity contribution in [2.75, 3.05) is 13.1 Å². The van der Waals surface area contributed by atoms with Crippen LogP contribution in [0.1, 0.15) is 26.7 Å². The molecule has 0 saturated carbocycles. The van der Waals surface area contributed by atoms with Crippen LogP contribution < -0.4 is 5.73 Å². The molecule has 5 heteroatoms. The number of carbonyl (C=O) groups is 2. The summed E-state index contributed by atoms with van der Waals surface area (Å²) in [6.45, 7) is 4.36. The summed E-state index contributed by atoms with van der Waals surface area (Å²) in [6, 6.07) is 0. The molecule has 5 nitrogen and oxygen atoms in total. The van der Waals surface area contributed by atoms with Crippen molar-refractivity contribution in [2.24, 2.45) is 11.7 Å². The van der Waals surface area contributed by atoms with Crippen molar-refractivity contribution in [1.82, 2.24) is 4.90 Å². The van der Waals surface area contributed by atoms with Crippen LogP contribution in [0.2, 0.25) is 0 Å². The SMILES string of the molecule is CCC(C)C(=O)N1CCC(N)(C(=O)O)C1. The van der Waals surface area contributed by atoms with E-state index in [4.69, 9.17) is 10.8 Å². The van der Waals surface area contributed by atoms with E-state index < -0.39 is 11.5 Å². The van der Waals surface area contributed by atoms with Gasteiger partial charge in [0.15, 0.2) is 0 Å². The predicted octanol–water partition coefficient (Wildman–Crippen LogP) is 0.0469. The van der Waals surface area contributed by atoms with Crippen molar-refractivity contribution in [3.05, 3.63) is 0 Å². The zero-order valence-corrected chi connectivity index (χ0v) is 9.19. The fraction of sp³-hybridized carbons (Fsp3) is 0.800. The maximum Gasteiger partial charge on any atom is 0.325 e. The van der Waals surface area contributed by atoms with Gasteiger partial charge in [0.05, 0.1) is 0 Å². The molecule has 1 amide bonds. The van der Waals surface area contributed by atoms with E-state index in [1.165, 1.54) is 0 Å². The number of nitrogens with zero attached hydrogens (tertiary/aromatic N) is 1. The number of carboxylic acids is 1. The minimum Gasteiger partial charge on any atom is -0.480 e. The zero-order chi connectivity index (χ0) is 11.6. The molecule has 1 saturated heterocycles. The molecule has 0 spiro atoms. The van der Waals surface area contributed by atoms with Crippen LogP contribution in [0.5, 0.6) is 0 Å². The minimum atomic E-state index is -1.25. The van der Waals surface area contributed by atoms with Crippen molar-refractivity contribution < 1.29 is 14.7 Å². The second-order valence-corrected chi connectivity index (χ2v) is 4.28. The van der Waals surface area contributed by atoms with Gasteiger partial charge in [0.2, 0.25) is 5.91 Å². The summed E-state index contributed by atoms with van der Waals surface area (Å²) in [5, 5.41) is 8.90. The highest BCUT2D eigenvalue weighted by molar-refractivity contribution is 5.83. The van der Waals surface area contributed by atoms with Crippen LogP contribution in [0, 0.1) is 5.92 Å². The molecule has 0 aromatic carbocycles. The number of rotatable bonds is 3. The van der Waals surface area contributed by atoms with Crippen molar-refractivity contribution in [1.29, 1.82) is 0 Å². The van der Waals surface area contributed by atoms with Crippen molar-refractivity contribution in [3.8, 4) is 0 Å². The van der Waals surface area contributed by atoms with Gasteiger partial charge in [-0.3, -0.25) is 9.59 Å². The normalized spacial score (nSPS) is 27.8. The molecule has 3 N–H and O–H groups in total. The summed E-state index contributed by atoms with van der Waals surface area (Å²) >= 11 is 0. The molecular formula is C10H18N2O3. The molecule has 1 heterocycles. The maximum atomic E-state index is 11.8. The number of amides is 1. The van der Waals surface area contributed by atoms with Crippen LogP contribution in [-0.4, -0.2) is 40.5 Å². The predicted molar refractivity (Wildman–Crippen MR) is 55.2 cm³/mol. The van der Waals surface area contributed by atoms with E-state index in [1.807, 2.05) is 13.8 Å². The highest BCUT2D eigenvalue weighted by atomic mass is 16.4. The van der Waals surface area contributed by atoms with Gasteiger partial charge in [0.1, 0.15) is 5.54 Å². The summed E-state index contributed by atoms with van der Waals surface area (Å²) in [4.78, 5) is 24.2. The van der Waals surface area contributed by atoms with E-state index in [0.717, 1.165) is 6.42 Å². The number of hydrogen-bond donors (Lipinski definition) is 2. The fourth-order valence-electron chi connectivity index (χ4n) is 1.68. The Morgan fingerprint density at radius 3 is 2.60 bits per heavy atom. The van der Waals surface area contributed by atoms with Crippen LogP contribution >= 0.6 is 0 Å². The first-order valence-corrected chi connectivity index (χ1v) is 5.22. The van der Waals surface area contributed by atoms with Gasteiger partial charge >= 0.3 is 5.97 Å². The number of likely N-dealkylation sites (tertiary alicyclic amines) is 1. The van der Waals surface area contributed by atoms with Gasteiger partial charge in [-0.05, 0) is 12.8 Å². The largest absolute Gasteiger partial charge is 0.480 e. The monoisotopic (exact) mass is 214 g/mol. The first kappa shape index (κ1) is 12.0. The van der Waals surface area contributed by atoms with E-state index in [0.29, 0.717) is 13.0 Å². The molecule has 0 aliphatic carbocycles. The average Bonchev–Trinajstić information content (AvgIpc) is 2.60. The van der Waals surface area contributed by atoms with Crippen LogP contribution in [0.3, 0.4) is 0 Å². The Kier molecular flexibility index (Phi) is 3.34. The third-order valence-corrected chi connectivity index (χ3v) is 3.07. The standard InChI is InChI=1S/C10H18N2O3/c1-3-7(2)8(13)12-5-4-10(11,6-12)9(14)15/h7H,3-6,11H2,1-2H3,(H,14,15). The van der Waals surface area contributed by atoms with Gasteiger partial charge in [-0.25, -0.2) is 0 Å². The molecule has 15 heavy (non-hydrogen) atoms. The summed E-state index contributed by atoms with van der Waals surface area (Å²) in [5.41, 5.74) is 4.43. The lowest BCUT2D eigenvalue weighted by atomic mass is 10.0. The van der Waals surface area contributed by atoms with Crippen LogP contribution in [0.4, 0.5) is 0 Å². The van der Waals surface area contributed by atoms with Gasteiger partial charge in [0, 0.05) is 19.0 Å². The fourth-order valence-corrected chi connectivity index (χ4v) is 1.68. The number of carbonyl (C=O) groups excluding carboxylic acids is 1. The molecule has 1 aliphatic rings. The topological polar surface area (TPSA) is 83.6 Å². The van der Waals surface area contributed by atoms with Gasteiger partial charge < -0.3 is 15.7 Å². The lowest BCUT2D eigenvalue weighted by molar-refractivity contribution is -0.143. The highest BCUT2D eigenvalue weighted by Gasteiger charge is 2.43. The molecule has 1 fully saturated rings. The lowest BCUT2D eigenvalue weighted by Crippen LogP contribution is -2.51. The second kappa shape index (κ2) is 4.18. The van der Waals surface area contributed by atoms with E-state index >= 15 is 0 Å². The Morgan fingerprint density at radius 2 is 2.20 bits per heavy atom. The summed E-state index contributed by atoms with van der Waals surface area (Å²) in [6.07, 6.45) is 1.10. The van der Waals surface area contributed by atoms with E-state index in [9.17, 15) is 9.59 Å². The molecule has 1 rings (SSSR count). The molecule has 0 aromatic rings. The number of carboxylic acid groups (broad SMARTS) is 1. The third-order valence-electron chi connectivity index (χ3n) is 3.07. The lowest BCUT2D eigenvalue weighted by Gasteiger charge is -2.22. The third kappa shape index (κ3) is 2.28. The molecule has 2 atom stereocenters. The molecule has 2 unspecified atom stereocenters. The Balaban J connectivity index is 2.64. The zero-order valence-electron chi connectivity index (χ0n) is 9.19. The Hall–Kier alpha value is -1.10. The van der Waals surface area contributed by atoms with Gasteiger partial charge in [-0.2, -0.15) is 0 Å². The van der Waals surface area contributed by atoms with Crippen molar-refractivity contribution >= 4 is 11.9 Å². The number of hydrogen-bond acceptors (Lipinski definition) is 3. The van der Waals surface area contributed by atoms with Crippen molar-refractivity contribution in [2.45, 2.75) is 32.2 Å². The summed E-state index contributed by atoms with van der Waals surface area (Å²) < 4.78 is 0. The number of aliphatic carboxylic acids is 1. The van der Waals surface area contributed by atoms with Gasteiger partial charge in [-0.1, -0.05) is 13.8 Å². The van der Waals surface area contributed by atoms with Crippen LogP contribution in [0.25, 0.3) is 0 Å². The van der Waals surface area contributed by atoms with Crippen molar-refractivity contribution in [3.63, 3.8) is 0 Å². The van der Waals surface area contributed by atoms with Gasteiger partial charge in [-0.15, -0.1) is 0 Å². The molecule has 1 aliphatic heterocycles. The van der Waals surface area contributed by atoms with Gasteiger partial charge in [0.25, 0.3) is 0 Å². The molecular weight excluding hydrogens is 196 g/mol. The summed E-state index contributed by atoms with van der Waals surface area (Å²) in [5.74, 6) is -1.07. The first-order valence-electron chi connectivity index (χ1n) is 5.22. The van der Waals surface area contributed by atoms with Crippen LogP contribution in [0.15, 0.2) is 0 Å². The highest BCUT2D eigenvalue weighted by Crippen LogP contribution is 2.21. The molecule has 86 valence electrons. The molecule has 0 radical (unpaired) electrons. The smallest absolute Gasteiger partial charge is 0.325 e. The molecule has 0 bridgehead atoms. The quantitative estimate of drug-likeness (QED) is 0.695. The van der Waals surface area contributed by atoms with Crippen LogP contribution in [-0.2, 0) is 9.59 Å². The van der Waals surface area contributed by atoms with E-state index in [-0.39, 0.29) is 18.4 Å². The Morgan fingerprint density at radius 1 is 1.60 bits per heavy atom. The second-order valence-electron chi connectivity index (χ2n) is 4.28. The molecule has 0 aromatic heterocycles. The average molecular weight is 214 g/mol. The Labute approximate surface area is 89.2 Å². The first-order chi connectivity index (χ1) is 6.90. The van der Waals surface area contributed by atoms with E-state index in [1.54, 1.807) is 4.90 Å². The number of nitrogens with two attached hydrogens (primary N) is 1. The summed E-state index contributed by atoms with van der Waals surface area (Å²) in [7, 11) is 0. The minimum absolute atomic E-state index is 0.00563. The Bertz CT molecular complexity index is 280. The maximum absolute atomic E-state index is 11.8. The van der Waals surface area contributed by atoms with E-state index in [2.05, 4.69) is 0 Å².